The molecule has 8 heteroatoms. The van der Waals surface area contributed by atoms with E-state index in [1.165, 1.54) is 18.2 Å². The fourth-order valence-electron chi connectivity index (χ4n) is 3.52. The average Bonchev–Trinajstić information content (AvgIpc) is 2.99. The zero-order valence-corrected chi connectivity index (χ0v) is 14.7. The molecular weight excluding hydrogens is 338 g/mol. The normalized spacial score (nSPS) is 25.5. The summed E-state index contributed by atoms with van der Waals surface area (Å²) in [6.45, 7) is 3.67. The Bertz CT molecular complexity index is 789. The largest absolute Gasteiger partial charge is 0.459 e. The van der Waals surface area contributed by atoms with Crippen LogP contribution in [0.5, 0.6) is 0 Å². The van der Waals surface area contributed by atoms with Gasteiger partial charge in [0.1, 0.15) is 6.10 Å². The Balaban J connectivity index is 1.93. The number of hydrogen-bond donors (Lipinski definition) is 2. The maximum absolute atomic E-state index is 12.8. The lowest BCUT2D eigenvalue weighted by atomic mass is 9.95. The second-order valence-electron chi connectivity index (χ2n) is 6.77. The highest BCUT2D eigenvalue weighted by atomic mass is 16.6. The van der Waals surface area contributed by atoms with Gasteiger partial charge in [0.05, 0.1) is 16.5 Å². The Morgan fingerprint density at radius 2 is 2.12 bits per heavy atom. The molecule has 1 fully saturated rings. The molecule has 2 aliphatic rings. The van der Waals surface area contributed by atoms with Crippen molar-refractivity contribution in [3.8, 4) is 0 Å². The monoisotopic (exact) mass is 359 g/mol. The summed E-state index contributed by atoms with van der Waals surface area (Å²) in [6.07, 6.45) is 2.70. The van der Waals surface area contributed by atoms with Crippen molar-refractivity contribution in [3.05, 3.63) is 51.2 Å². The fourth-order valence-corrected chi connectivity index (χ4v) is 3.52. The number of nitrogens with one attached hydrogen (secondary N) is 2. The number of esters is 1. The van der Waals surface area contributed by atoms with E-state index in [0.29, 0.717) is 17.2 Å². The third kappa shape index (κ3) is 3.54. The Morgan fingerprint density at radius 1 is 1.35 bits per heavy atom. The highest BCUT2D eigenvalue weighted by Crippen LogP contribution is 2.33. The summed E-state index contributed by atoms with van der Waals surface area (Å²) in [4.78, 5) is 35.2. The number of amides is 2. The van der Waals surface area contributed by atoms with Gasteiger partial charge in [-0.25, -0.2) is 9.59 Å². The zero-order valence-electron chi connectivity index (χ0n) is 14.7. The molecule has 1 aliphatic heterocycles. The number of rotatable bonds is 4. The standard InChI is InChI=1S/C18H21N3O5/c1-10-5-3-8-14(10)26-17(22)15-11(2)19-18(23)20-16(15)12-6-4-7-13(9-12)21(24)25/h4,6-7,9-10,14,16H,3,5,8H2,1-2H3,(H2,19,20,23)/t10-,14+,16-/m1/s1. The van der Waals surface area contributed by atoms with E-state index in [1.54, 1.807) is 13.0 Å². The van der Waals surface area contributed by atoms with Gasteiger partial charge in [-0.3, -0.25) is 10.1 Å². The van der Waals surface area contributed by atoms with Crippen molar-refractivity contribution in [2.24, 2.45) is 5.92 Å². The molecule has 8 nitrogen and oxygen atoms in total. The van der Waals surface area contributed by atoms with Gasteiger partial charge in [0.15, 0.2) is 0 Å². The van der Waals surface area contributed by atoms with Gasteiger partial charge in [-0.05, 0) is 37.7 Å². The van der Waals surface area contributed by atoms with E-state index < -0.39 is 23.0 Å². The molecule has 2 N–H and O–H groups in total. The molecule has 0 saturated heterocycles. The zero-order chi connectivity index (χ0) is 18.8. The third-order valence-corrected chi connectivity index (χ3v) is 4.94. The van der Waals surface area contributed by atoms with Crippen LogP contribution in [-0.4, -0.2) is 23.0 Å². The molecule has 2 amide bonds. The maximum Gasteiger partial charge on any atom is 0.338 e. The highest BCUT2D eigenvalue weighted by molar-refractivity contribution is 5.95. The number of carbonyl (C=O) groups is 2. The SMILES string of the molecule is CC1=C(C(=O)O[C@H]2CCC[C@H]2C)[C@@H](c2cccc([N+](=O)[O-])c2)NC(=O)N1. The van der Waals surface area contributed by atoms with Crippen LogP contribution in [0.3, 0.4) is 0 Å². The Kier molecular flexibility index (Phi) is 4.92. The van der Waals surface area contributed by atoms with Crippen LogP contribution >= 0.6 is 0 Å². The van der Waals surface area contributed by atoms with Gasteiger partial charge in [0.2, 0.25) is 0 Å². The highest BCUT2D eigenvalue weighted by Gasteiger charge is 2.35. The molecule has 0 radical (unpaired) electrons. The van der Waals surface area contributed by atoms with Crippen molar-refractivity contribution >= 4 is 17.7 Å². The molecule has 0 bridgehead atoms. The molecule has 3 atom stereocenters. The fraction of sp³-hybridized carbons (Fsp3) is 0.444. The van der Waals surface area contributed by atoms with Crippen LogP contribution in [0.25, 0.3) is 0 Å². The lowest BCUT2D eigenvalue weighted by Gasteiger charge is -2.29. The molecule has 0 unspecified atom stereocenters. The molecule has 0 spiro atoms. The maximum atomic E-state index is 12.8. The lowest BCUT2D eigenvalue weighted by molar-refractivity contribution is -0.384. The summed E-state index contributed by atoms with van der Waals surface area (Å²) in [6, 6.07) is 4.62. The summed E-state index contributed by atoms with van der Waals surface area (Å²) < 4.78 is 5.68. The molecule has 26 heavy (non-hydrogen) atoms. The Morgan fingerprint density at radius 3 is 2.77 bits per heavy atom. The third-order valence-electron chi connectivity index (χ3n) is 4.94. The van der Waals surface area contributed by atoms with E-state index in [9.17, 15) is 19.7 Å². The van der Waals surface area contributed by atoms with Gasteiger partial charge in [-0.1, -0.05) is 19.1 Å². The number of non-ortho nitro benzene ring substituents is 1. The van der Waals surface area contributed by atoms with Crippen molar-refractivity contribution in [2.75, 3.05) is 0 Å². The number of nitro benzene ring substituents is 1. The second kappa shape index (κ2) is 7.15. The summed E-state index contributed by atoms with van der Waals surface area (Å²) in [7, 11) is 0. The molecule has 0 aromatic heterocycles. The molecule has 3 rings (SSSR count). The number of nitro groups is 1. The van der Waals surface area contributed by atoms with Gasteiger partial charge in [-0.15, -0.1) is 0 Å². The van der Waals surface area contributed by atoms with Crippen molar-refractivity contribution in [1.29, 1.82) is 0 Å². The van der Waals surface area contributed by atoms with E-state index in [-0.39, 0.29) is 17.4 Å². The summed E-state index contributed by atoms with van der Waals surface area (Å²) in [5.41, 5.74) is 1.01. The Labute approximate surface area is 150 Å². The van der Waals surface area contributed by atoms with Crippen LogP contribution in [0.2, 0.25) is 0 Å². The summed E-state index contributed by atoms with van der Waals surface area (Å²) in [5, 5.41) is 16.3. The quantitative estimate of drug-likeness (QED) is 0.488. The second-order valence-corrected chi connectivity index (χ2v) is 6.77. The van der Waals surface area contributed by atoms with Crippen LogP contribution in [0.4, 0.5) is 10.5 Å². The topological polar surface area (TPSA) is 111 Å². The minimum Gasteiger partial charge on any atom is -0.459 e. The molecule has 1 aromatic carbocycles. The van der Waals surface area contributed by atoms with Gasteiger partial charge < -0.3 is 15.4 Å². The van der Waals surface area contributed by atoms with Crippen LogP contribution in [-0.2, 0) is 9.53 Å². The number of urea groups is 1. The lowest BCUT2D eigenvalue weighted by Crippen LogP contribution is -2.45. The molecule has 138 valence electrons. The first-order valence-electron chi connectivity index (χ1n) is 8.60. The number of allylic oxidation sites excluding steroid dienone is 1. The van der Waals surface area contributed by atoms with Gasteiger partial charge in [0, 0.05) is 17.8 Å². The first kappa shape index (κ1) is 17.9. The van der Waals surface area contributed by atoms with Crippen molar-refractivity contribution in [2.45, 2.75) is 45.3 Å². The number of hydrogen-bond acceptors (Lipinski definition) is 5. The van der Waals surface area contributed by atoms with Crippen LogP contribution in [0.15, 0.2) is 35.5 Å². The molecule has 1 aromatic rings. The van der Waals surface area contributed by atoms with Gasteiger partial charge >= 0.3 is 12.0 Å². The summed E-state index contributed by atoms with van der Waals surface area (Å²) in [5.74, 6) is -0.215. The predicted molar refractivity (Wildman–Crippen MR) is 93.1 cm³/mol. The smallest absolute Gasteiger partial charge is 0.338 e. The number of nitrogens with zero attached hydrogens (tertiary/aromatic N) is 1. The van der Waals surface area contributed by atoms with Crippen LogP contribution in [0, 0.1) is 16.0 Å². The summed E-state index contributed by atoms with van der Waals surface area (Å²) >= 11 is 0. The molecule has 1 saturated carbocycles. The molecule has 1 aliphatic carbocycles. The van der Waals surface area contributed by atoms with Crippen LogP contribution < -0.4 is 10.6 Å². The van der Waals surface area contributed by atoms with Crippen molar-refractivity contribution in [1.82, 2.24) is 10.6 Å². The van der Waals surface area contributed by atoms with Crippen LogP contribution in [0.1, 0.15) is 44.7 Å². The first-order chi connectivity index (χ1) is 12.4. The van der Waals surface area contributed by atoms with Gasteiger partial charge in [-0.2, -0.15) is 0 Å². The first-order valence-corrected chi connectivity index (χ1v) is 8.60. The Hall–Kier alpha value is -2.90. The molecular formula is C18H21N3O5. The van der Waals surface area contributed by atoms with E-state index in [1.807, 2.05) is 6.92 Å². The van der Waals surface area contributed by atoms with E-state index in [4.69, 9.17) is 4.74 Å². The minimum atomic E-state index is -0.798. The number of ether oxygens (including phenoxy) is 1. The number of carbonyl (C=O) groups excluding carboxylic acids is 2. The predicted octanol–water partition coefficient (Wildman–Crippen LogP) is 2.95. The molecule has 1 heterocycles. The average molecular weight is 359 g/mol. The van der Waals surface area contributed by atoms with E-state index in [0.717, 1.165) is 19.3 Å². The van der Waals surface area contributed by atoms with E-state index in [2.05, 4.69) is 10.6 Å². The van der Waals surface area contributed by atoms with Gasteiger partial charge in [0.25, 0.3) is 5.69 Å². The van der Waals surface area contributed by atoms with Crippen molar-refractivity contribution < 1.29 is 19.2 Å². The van der Waals surface area contributed by atoms with E-state index >= 15 is 0 Å². The van der Waals surface area contributed by atoms with Crippen molar-refractivity contribution in [3.63, 3.8) is 0 Å². The minimum absolute atomic E-state index is 0.106. The number of benzene rings is 1.